The highest BCUT2D eigenvalue weighted by molar-refractivity contribution is 6.08. The zero-order valence-electron chi connectivity index (χ0n) is 8.18. The summed E-state index contributed by atoms with van der Waals surface area (Å²) in [4.78, 5) is 10.5. The lowest BCUT2D eigenvalue weighted by Crippen LogP contribution is -1.89. The lowest BCUT2D eigenvalue weighted by Gasteiger charge is -1.99. The number of aromatic amines is 1. The van der Waals surface area contributed by atoms with Gasteiger partial charge in [0.15, 0.2) is 0 Å². The van der Waals surface area contributed by atoms with Crippen LogP contribution in [0.1, 0.15) is 0 Å². The fourth-order valence-corrected chi connectivity index (χ4v) is 1.93. The third-order valence-corrected chi connectivity index (χ3v) is 2.66. The van der Waals surface area contributed by atoms with Crippen molar-refractivity contribution in [2.75, 3.05) is 0 Å². The molecule has 1 aromatic heterocycles. The number of nitrogens with zero attached hydrogens (tertiary/aromatic N) is 2. The Hall–Kier alpha value is -2.43. The molecule has 5 nitrogen and oxygen atoms in total. The Kier molecular flexibility index (Phi) is 1.67. The lowest BCUT2D eigenvalue weighted by molar-refractivity contribution is -0.383. The first-order valence-electron chi connectivity index (χ1n) is 4.76. The molecule has 5 heteroatoms. The number of rotatable bonds is 1. The van der Waals surface area contributed by atoms with Gasteiger partial charge in [0.05, 0.1) is 22.0 Å². The second kappa shape index (κ2) is 3.03. The molecule has 0 unspecified atom stereocenters. The lowest BCUT2D eigenvalue weighted by atomic mass is 10.1. The number of nitrogens with one attached hydrogen (secondary N) is 1. The summed E-state index contributed by atoms with van der Waals surface area (Å²) in [5, 5.41) is 20.0. The van der Waals surface area contributed by atoms with Crippen molar-refractivity contribution in [3.05, 3.63) is 46.6 Å². The number of hydrogen-bond acceptors (Lipinski definition) is 3. The van der Waals surface area contributed by atoms with Gasteiger partial charge in [0, 0.05) is 11.5 Å². The molecule has 3 aromatic rings. The largest absolute Gasteiger partial charge is 0.278 e. The number of nitro benzene ring substituents is 1. The van der Waals surface area contributed by atoms with Crippen molar-refractivity contribution < 1.29 is 4.92 Å². The number of hydrogen-bond donors (Lipinski definition) is 1. The second-order valence-corrected chi connectivity index (χ2v) is 3.53. The van der Waals surface area contributed by atoms with Crippen LogP contribution in [0, 0.1) is 10.1 Å². The number of fused-ring (bicyclic) bond motifs is 3. The van der Waals surface area contributed by atoms with E-state index in [-0.39, 0.29) is 10.6 Å². The van der Waals surface area contributed by atoms with Crippen molar-refractivity contribution in [3.63, 3.8) is 0 Å². The van der Waals surface area contributed by atoms with Gasteiger partial charge in [0.25, 0.3) is 5.69 Å². The van der Waals surface area contributed by atoms with Gasteiger partial charge in [-0.2, -0.15) is 5.10 Å². The molecule has 0 fully saturated rings. The van der Waals surface area contributed by atoms with Crippen LogP contribution in [-0.2, 0) is 0 Å². The van der Waals surface area contributed by atoms with Crippen LogP contribution in [0.15, 0.2) is 36.5 Å². The van der Waals surface area contributed by atoms with E-state index < -0.39 is 0 Å². The molecule has 0 radical (unpaired) electrons. The summed E-state index contributed by atoms with van der Waals surface area (Å²) in [6.45, 7) is 0. The monoisotopic (exact) mass is 213 g/mol. The van der Waals surface area contributed by atoms with Crippen LogP contribution in [0.3, 0.4) is 0 Å². The first-order chi connectivity index (χ1) is 7.77. The normalized spacial score (nSPS) is 11.0. The van der Waals surface area contributed by atoms with Crippen LogP contribution in [0.25, 0.3) is 21.7 Å². The van der Waals surface area contributed by atoms with Crippen LogP contribution in [0.4, 0.5) is 5.69 Å². The number of non-ortho nitro benzene ring substituents is 1. The molecule has 2 aromatic carbocycles. The number of nitro groups is 1. The van der Waals surface area contributed by atoms with Crippen LogP contribution >= 0.6 is 0 Å². The minimum absolute atomic E-state index is 0.126. The van der Waals surface area contributed by atoms with Gasteiger partial charge in [-0.1, -0.05) is 12.1 Å². The zero-order valence-corrected chi connectivity index (χ0v) is 8.18. The van der Waals surface area contributed by atoms with E-state index in [2.05, 4.69) is 10.2 Å². The summed E-state index contributed by atoms with van der Waals surface area (Å²) in [5.41, 5.74) is 1.01. The van der Waals surface area contributed by atoms with E-state index in [1.165, 1.54) is 6.07 Å². The Morgan fingerprint density at radius 3 is 2.81 bits per heavy atom. The Balaban J connectivity index is 2.53. The molecular formula is C11H7N3O2. The van der Waals surface area contributed by atoms with E-state index >= 15 is 0 Å². The minimum atomic E-state index is -0.367. The van der Waals surface area contributed by atoms with Gasteiger partial charge in [-0.25, -0.2) is 0 Å². The van der Waals surface area contributed by atoms with Gasteiger partial charge < -0.3 is 0 Å². The van der Waals surface area contributed by atoms with E-state index in [9.17, 15) is 10.1 Å². The van der Waals surface area contributed by atoms with E-state index in [0.717, 1.165) is 16.3 Å². The standard InChI is InChI=1S/C11H7N3O2/c15-14(16)11-3-1-2-7-8(11)4-5-10-9(7)6-12-13-10/h1-6H,(H,12,13). The number of H-pyrrole nitrogens is 1. The molecule has 0 amide bonds. The van der Waals surface area contributed by atoms with Crippen molar-refractivity contribution >= 4 is 27.4 Å². The molecule has 0 spiro atoms. The highest BCUT2D eigenvalue weighted by atomic mass is 16.6. The fourth-order valence-electron chi connectivity index (χ4n) is 1.93. The van der Waals surface area contributed by atoms with Crippen LogP contribution < -0.4 is 0 Å². The van der Waals surface area contributed by atoms with Crippen molar-refractivity contribution in [1.29, 1.82) is 0 Å². The van der Waals surface area contributed by atoms with E-state index in [1.54, 1.807) is 24.4 Å². The third-order valence-electron chi connectivity index (χ3n) is 2.66. The van der Waals surface area contributed by atoms with Gasteiger partial charge in [0.1, 0.15) is 0 Å². The average Bonchev–Trinajstić information content (AvgIpc) is 2.76. The topological polar surface area (TPSA) is 71.8 Å². The van der Waals surface area contributed by atoms with E-state index in [1.807, 2.05) is 6.07 Å². The molecule has 0 saturated carbocycles. The molecule has 0 saturated heterocycles. The summed E-state index contributed by atoms with van der Waals surface area (Å²) < 4.78 is 0. The highest BCUT2D eigenvalue weighted by Crippen LogP contribution is 2.30. The molecule has 1 N–H and O–H groups in total. The molecule has 1 heterocycles. The number of benzene rings is 2. The van der Waals surface area contributed by atoms with Gasteiger partial charge in [0.2, 0.25) is 0 Å². The maximum atomic E-state index is 10.9. The van der Waals surface area contributed by atoms with Crippen molar-refractivity contribution in [3.8, 4) is 0 Å². The molecule has 0 aliphatic rings. The first kappa shape index (κ1) is 8.84. The number of aromatic nitrogens is 2. The molecule has 78 valence electrons. The summed E-state index contributed by atoms with van der Waals surface area (Å²) in [7, 11) is 0. The molecule has 0 bridgehead atoms. The first-order valence-corrected chi connectivity index (χ1v) is 4.76. The molecular weight excluding hydrogens is 206 g/mol. The predicted octanol–water partition coefficient (Wildman–Crippen LogP) is 2.62. The van der Waals surface area contributed by atoms with E-state index in [0.29, 0.717) is 5.39 Å². The Morgan fingerprint density at radius 1 is 1.12 bits per heavy atom. The molecule has 0 atom stereocenters. The maximum Gasteiger partial charge on any atom is 0.277 e. The van der Waals surface area contributed by atoms with Crippen molar-refractivity contribution in [2.24, 2.45) is 0 Å². The molecule has 0 aliphatic carbocycles. The smallest absolute Gasteiger partial charge is 0.277 e. The Labute approximate surface area is 89.8 Å². The summed E-state index contributed by atoms with van der Waals surface area (Å²) in [6, 6.07) is 8.60. The zero-order chi connectivity index (χ0) is 11.1. The third kappa shape index (κ3) is 1.08. The summed E-state index contributed by atoms with van der Waals surface area (Å²) in [6.07, 6.45) is 1.68. The van der Waals surface area contributed by atoms with Crippen LogP contribution in [0.5, 0.6) is 0 Å². The van der Waals surface area contributed by atoms with Crippen molar-refractivity contribution in [2.45, 2.75) is 0 Å². The minimum Gasteiger partial charge on any atom is -0.278 e. The Morgan fingerprint density at radius 2 is 2.00 bits per heavy atom. The molecule has 0 aliphatic heterocycles. The fraction of sp³-hybridized carbons (Fsp3) is 0. The maximum absolute atomic E-state index is 10.9. The van der Waals surface area contributed by atoms with Gasteiger partial charge in [-0.3, -0.25) is 15.2 Å². The van der Waals surface area contributed by atoms with Gasteiger partial charge in [-0.05, 0) is 17.5 Å². The van der Waals surface area contributed by atoms with Gasteiger partial charge in [-0.15, -0.1) is 0 Å². The predicted molar refractivity (Wildman–Crippen MR) is 60.3 cm³/mol. The van der Waals surface area contributed by atoms with Crippen LogP contribution in [-0.4, -0.2) is 15.1 Å². The second-order valence-electron chi connectivity index (χ2n) is 3.53. The summed E-state index contributed by atoms with van der Waals surface area (Å²) in [5.74, 6) is 0. The quantitative estimate of drug-likeness (QED) is 0.498. The molecule has 3 rings (SSSR count). The Bertz CT molecular complexity index is 703. The van der Waals surface area contributed by atoms with Gasteiger partial charge >= 0.3 is 0 Å². The van der Waals surface area contributed by atoms with E-state index in [4.69, 9.17) is 0 Å². The van der Waals surface area contributed by atoms with Crippen LogP contribution in [0.2, 0.25) is 0 Å². The average molecular weight is 213 g/mol. The van der Waals surface area contributed by atoms with Crippen molar-refractivity contribution in [1.82, 2.24) is 10.2 Å². The SMILES string of the molecule is O=[N+]([O-])c1cccc2c1ccc1[nH]ncc12. The highest BCUT2D eigenvalue weighted by Gasteiger charge is 2.12. The molecule has 16 heavy (non-hydrogen) atoms. The summed E-state index contributed by atoms with van der Waals surface area (Å²) >= 11 is 0.